The van der Waals surface area contributed by atoms with Gasteiger partial charge < -0.3 is 29.5 Å². The van der Waals surface area contributed by atoms with Crippen molar-refractivity contribution in [2.24, 2.45) is 11.8 Å². The fourth-order valence-electron chi connectivity index (χ4n) is 10.7. The number of likely N-dealkylation sites (tertiary alicyclic amines) is 5. The van der Waals surface area contributed by atoms with E-state index in [0.29, 0.717) is 6.10 Å². The van der Waals surface area contributed by atoms with E-state index in [2.05, 4.69) is 95.0 Å². The third-order valence-electron chi connectivity index (χ3n) is 15.3. The third-order valence-corrected chi connectivity index (χ3v) is 15.3. The third kappa shape index (κ3) is 28.8. The van der Waals surface area contributed by atoms with Crippen molar-refractivity contribution in [3.63, 3.8) is 0 Å². The first-order chi connectivity index (χ1) is 35.1. The van der Waals surface area contributed by atoms with Crippen LogP contribution in [-0.2, 0) is 9.47 Å². The molecule has 1 saturated carbocycles. The van der Waals surface area contributed by atoms with Gasteiger partial charge in [0, 0.05) is 101 Å². The molecule has 438 valence electrons. The Morgan fingerprint density at radius 3 is 1.21 bits per heavy atom. The average molecular weight is 1030 g/mol. The van der Waals surface area contributed by atoms with E-state index in [4.69, 9.17) is 9.47 Å². The van der Waals surface area contributed by atoms with Crippen molar-refractivity contribution < 1.29 is 9.47 Å². The number of nitrogens with one attached hydrogen (secondary N) is 1. The van der Waals surface area contributed by atoms with Crippen molar-refractivity contribution in [2.45, 2.75) is 278 Å². The maximum atomic E-state index is 5.62. The van der Waals surface area contributed by atoms with E-state index >= 15 is 0 Å². The molecule has 8 heterocycles. The van der Waals surface area contributed by atoms with Gasteiger partial charge in [0.2, 0.25) is 0 Å². The van der Waals surface area contributed by atoms with E-state index < -0.39 is 0 Å². The van der Waals surface area contributed by atoms with Gasteiger partial charge in [-0.1, -0.05) is 111 Å². The van der Waals surface area contributed by atoms with Crippen LogP contribution in [0.4, 0.5) is 0 Å². The van der Waals surface area contributed by atoms with Crippen molar-refractivity contribution in [3.05, 3.63) is 0 Å². The molecule has 72 heavy (non-hydrogen) atoms. The van der Waals surface area contributed by atoms with Crippen LogP contribution in [0.1, 0.15) is 224 Å². The van der Waals surface area contributed by atoms with Crippen LogP contribution < -0.4 is 5.32 Å². The van der Waals surface area contributed by atoms with Crippen molar-refractivity contribution >= 4 is 0 Å². The summed E-state index contributed by atoms with van der Waals surface area (Å²) in [5.74, 6) is 2.06. The summed E-state index contributed by atoms with van der Waals surface area (Å²) in [6.45, 7) is 72.4. The molecule has 0 aromatic carbocycles. The molecule has 9 fully saturated rings. The van der Waals surface area contributed by atoms with Crippen LogP contribution >= 0.6 is 0 Å². The van der Waals surface area contributed by atoms with Gasteiger partial charge in [0.15, 0.2) is 0 Å². The van der Waals surface area contributed by atoms with Crippen LogP contribution in [-0.4, -0.2) is 207 Å². The van der Waals surface area contributed by atoms with Crippen LogP contribution in [0, 0.1) is 11.8 Å². The quantitative estimate of drug-likeness (QED) is 0.254. The molecule has 0 aromatic rings. The lowest BCUT2D eigenvalue weighted by Gasteiger charge is -2.48. The number of hydrogen-bond donors (Lipinski definition) is 1. The monoisotopic (exact) mass is 1030 g/mol. The van der Waals surface area contributed by atoms with E-state index in [1.165, 1.54) is 143 Å². The minimum atomic E-state index is 0.594. The Labute approximate surface area is 455 Å². The van der Waals surface area contributed by atoms with Crippen LogP contribution in [0.25, 0.3) is 0 Å². The molecule has 2 unspecified atom stereocenters. The van der Waals surface area contributed by atoms with Crippen molar-refractivity contribution in [1.29, 1.82) is 0 Å². The average Bonchev–Trinajstić information content (AvgIpc) is 4.24. The summed E-state index contributed by atoms with van der Waals surface area (Å²) in [5.41, 5.74) is 0. The van der Waals surface area contributed by atoms with Crippen LogP contribution in [0.2, 0.25) is 0 Å². The van der Waals surface area contributed by atoms with Crippen LogP contribution in [0.3, 0.4) is 0 Å². The Hall–Kier alpha value is -0.400. The zero-order chi connectivity index (χ0) is 55.6. The van der Waals surface area contributed by atoms with E-state index in [1.54, 1.807) is 0 Å². The SMILES string of the molecule is CC.CC.CC.CC.CC.CC.CC.CC.CC(C)N1CC(N2CCCOCC2)C1.CC(C)N1CC(N2CCOC3CC32)C1.CC(C)N1CCC(C2CCNCC2)CC1.CC(C)N1CCC(N2CCC2)CC1. The Bertz CT molecular complexity index is 1070. The maximum absolute atomic E-state index is 5.62. The first-order valence-corrected chi connectivity index (χ1v) is 32.2. The highest BCUT2D eigenvalue weighted by molar-refractivity contribution is 5.04. The van der Waals surface area contributed by atoms with Crippen molar-refractivity contribution in [2.75, 3.05) is 118 Å². The summed E-state index contributed by atoms with van der Waals surface area (Å²) in [6.07, 6.45) is 13.1. The lowest BCUT2D eigenvalue weighted by molar-refractivity contribution is -0.0432. The number of nitrogens with zero attached hydrogens (tertiary/aromatic N) is 7. The molecule has 8 aliphatic heterocycles. The minimum absolute atomic E-state index is 0.594. The zero-order valence-corrected chi connectivity index (χ0v) is 53.9. The van der Waals surface area contributed by atoms with Crippen LogP contribution in [0.15, 0.2) is 0 Å². The highest BCUT2D eigenvalue weighted by Gasteiger charge is 2.50. The molecule has 0 aromatic heterocycles. The van der Waals surface area contributed by atoms with Gasteiger partial charge in [0.1, 0.15) is 0 Å². The lowest BCUT2D eigenvalue weighted by Crippen LogP contribution is -2.63. The first-order valence-electron chi connectivity index (χ1n) is 32.2. The molecule has 10 nitrogen and oxygen atoms in total. The molecular weight excluding hydrogens is 889 g/mol. The molecule has 8 saturated heterocycles. The van der Waals surface area contributed by atoms with Gasteiger partial charge in [-0.05, 0) is 177 Å². The number of fused-ring (bicyclic) bond motifs is 1. The molecule has 9 rings (SSSR count). The Balaban J connectivity index is -0.000000805. The van der Waals surface area contributed by atoms with Crippen molar-refractivity contribution in [3.8, 4) is 0 Å². The molecule has 2 atom stereocenters. The number of ether oxygens (including phenoxy) is 2. The normalized spacial score (nSPS) is 24.5. The standard InChI is InChI=1S/C13H26N2.C11H20N2O.C11H22N2O.C11H22N2.8C2H6/c1-11(2)15-9-5-13(6-10-15)12-3-7-14-8-4-12;1-8(2)12-6-9(7-12)13-3-4-14-11-5-10(11)13;1-10(2)13-8-11(9-13)12-4-3-6-14-7-5-12;1-10(2)12-8-4-11(5-9-12)13-6-3-7-13;8*1-2/h11-14H,3-10H2,1-2H3;8-11H,3-7H2,1-2H3;10-11H,3-9H2,1-2H3;10-11H,3-9H2,1-2H3;8*1-2H3. The second-order valence-corrected chi connectivity index (χ2v) is 20.2. The molecule has 1 aliphatic carbocycles. The fourth-order valence-corrected chi connectivity index (χ4v) is 10.7. The lowest BCUT2D eigenvalue weighted by atomic mass is 9.79. The van der Waals surface area contributed by atoms with Gasteiger partial charge in [0.05, 0.1) is 19.3 Å². The minimum Gasteiger partial charge on any atom is -0.380 e. The molecule has 0 radical (unpaired) electrons. The van der Waals surface area contributed by atoms with Gasteiger partial charge >= 0.3 is 0 Å². The topological polar surface area (TPSA) is 53.2 Å². The number of hydrogen-bond acceptors (Lipinski definition) is 10. The second-order valence-electron chi connectivity index (χ2n) is 20.2. The van der Waals surface area contributed by atoms with Gasteiger partial charge in [0.25, 0.3) is 0 Å². The number of morpholine rings is 1. The predicted octanol–water partition coefficient (Wildman–Crippen LogP) is 13.2. The smallest absolute Gasteiger partial charge is 0.0747 e. The Morgan fingerprint density at radius 2 is 0.778 bits per heavy atom. The van der Waals surface area contributed by atoms with E-state index in [9.17, 15) is 0 Å². The zero-order valence-electron chi connectivity index (χ0n) is 53.9. The molecule has 0 spiro atoms. The molecular formula is C62H138N8O2. The Morgan fingerprint density at radius 1 is 0.375 bits per heavy atom. The Kier molecular flexibility index (Phi) is 51.5. The van der Waals surface area contributed by atoms with E-state index in [-0.39, 0.29) is 0 Å². The van der Waals surface area contributed by atoms with Gasteiger partial charge in [-0.2, -0.15) is 0 Å². The van der Waals surface area contributed by atoms with Gasteiger partial charge in [-0.3, -0.25) is 19.6 Å². The van der Waals surface area contributed by atoms with Crippen molar-refractivity contribution in [1.82, 2.24) is 39.6 Å². The molecule has 10 heteroatoms. The summed E-state index contributed by atoms with van der Waals surface area (Å²) in [4.78, 5) is 18.3. The fraction of sp³-hybridized carbons (Fsp3) is 1.00. The predicted molar refractivity (Wildman–Crippen MR) is 325 cm³/mol. The van der Waals surface area contributed by atoms with Gasteiger partial charge in [-0.15, -0.1) is 0 Å². The van der Waals surface area contributed by atoms with E-state index in [0.717, 1.165) is 93.1 Å². The first kappa shape index (κ1) is 75.8. The summed E-state index contributed by atoms with van der Waals surface area (Å²) in [5, 5.41) is 3.47. The van der Waals surface area contributed by atoms with Crippen LogP contribution in [0.5, 0.6) is 0 Å². The molecule has 0 amide bonds. The molecule has 9 aliphatic rings. The van der Waals surface area contributed by atoms with E-state index in [1.807, 2.05) is 111 Å². The highest BCUT2D eigenvalue weighted by atomic mass is 16.5. The van der Waals surface area contributed by atoms with Gasteiger partial charge in [-0.25, -0.2) is 0 Å². The summed E-state index contributed by atoms with van der Waals surface area (Å²) in [6, 6.07) is 6.27. The molecule has 1 N–H and O–H groups in total. The number of rotatable bonds is 8. The highest BCUT2D eigenvalue weighted by Crippen LogP contribution is 2.37. The number of piperidine rings is 3. The maximum Gasteiger partial charge on any atom is 0.0747 e. The molecule has 0 bridgehead atoms. The summed E-state index contributed by atoms with van der Waals surface area (Å²) >= 11 is 0. The summed E-state index contributed by atoms with van der Waals surface area (Å²) < 4.78 is 11.1. The summed E-state index contributed by atoms with van der Waals surface area (Å²) in [7, 11) is 0. The second kappa shape index (κ2) is 48.9. The largest absolute Gasteiger partial charge is 0.380 e.